The van der Waals surface area contributed by atoms with E-state index in [-0.39, 0.29) is 13.2 Å². The second-order valence-electron chi connectivity index (χ2n) is 9.91. The number of hydrogen-bond acceptors (Lipinski definition) is 8. The van der Waals surface area contributed by atoms with E-state index < -0.39 is 29.3 Å². The Morgan fingerprint density at radius 1 is 1.00 bits per heavy atom. The number of aromatic nitrogens is 3. The van der Waals surface area contributed by atoms with Crippen molar-refractivity contribution >= 4 is 23.1 Å². The maximum absolute atomic E-state index is 12.7. The SMILES string of the molecule is CC(C)(C)OC(=O)N[C@H](Cc1ccc(OCOn2ncc3cccnc32)cc1)C(=O)OC(C)(C)C. The molecule has 0 saturated heterocycles. The fourth-order valence-electron chi connectivity index (χ4n) is 3.05. The van der Waals surface area contributed by atoms with Crippen LogP contribution < -0.4 is 14.9 Å². The largest absolute Gasteiger partial charge is 0.458 e. The number of pyridine rings is 1. The molecule has 1 aromatic carbocycles. The first kappa shape index (κ1) is 25.8. The summed E-state index contributed by atoms with van der Waals surface area (Å²) in [5, 5.41) is 7.60. The number of esters is 1. The summed E-state index contributed by atoms with van der Waals surface area (Å²) in [6.07, 6.45) is 2.84. The molecule has 0 spiro atoms. The molecular formula is C25H32N4O6. The third-order valence-corrected chi connectivity index (χ3v) is 4.45. The molecule has 0 saturated carbocycles. The van der Waals surface area contributed by atoms with E-state index in [1.807, 2.05) is 12.1 Å². The number of benzene rings is 1. The summed E-state index contributed by atoms with van der Waals surface area (Å²) in [7, 11) is 0. The Hall–Kier alpha value is -3.82. The van der Waals surface area contributed by atoms with Gasteiger partial charge in [0.25, 0.3) is 6.79 Å². The molecule has 3 rings (SSSR count). The van der Waals surface area contributed by atoms with Crippen LogP contribution in [0.5, 0.6) is 5.75 Å². The van der Waals surface area contributed by atoms with Crippen LogP contribution in [0.4, 0.5) is 4.79 Å². The fourth-order valence-corrected chi connectivity index (χ4v) is 3.05. The Balaban J connectivity index is 1.60. The average molecular weight is 485 g/mol. The van der Waals surface area contributed by atoms with Gasteiger partial charge in [0.15, 0.2) is 5.65 Å². The lowest BCUT2D eigenvalue weighted by atomic mass is 10.1. The molecule has 10 nitrogen and oxygen atoms in total. The van der Waals surface area contributed by atoms with Crippen molar-refractivity contribution in [2.45, 2.75) is 65.2 Å². The van der Waals surface area contributed by atoms with Gasteiger partial charge >= 0.3 is 12.1 Å². The maximum Gasteiger partial charge on any atom is 0.408 e. The third kappa shape index (κ3) is 8.16. The van der Waals surface area contributed by atoms with Gasteiger partial charge < -0.3 is 24.4 Å². The number of ether oxygens (including phenoxy) is 3. The Bertz CT molecular complexity index is 1150. The molecule has 188 valence electrons. The zero-order valence-electron chi connectivity index (χ0n) is 20.9. The Labute approximate surface area is 204 Å². The highest BCUT2D eigenvalue weighted by Crippen LogP contribution is 2.17. The molecular weight excluding hydrogens is 452 g/mol. The molecule has 1 N–H and O–H groups in total. The molecule has 2 heterocycles. The number of fused-ring (bicyclic) bond motifs is 1. The molecule has 1 amide bonds. The van der Waals surface area contributed by atoms with E-state index in [4.69, 9.17) is 19.0 Å². The second kappa shape index (κ2) is 10.6. The highest BCUT2D eigenvalue weighted by molar-refractivity contribution is 5.82. The minimum absolute atomic E-state index is 0.0760. The van der Waals surface area contributed by atoms with Gasteiger partial charge in [0.2, 0.25) is 0 Å². The van der Waals surface area contributed by atoms with Crippen LogP contribution in [-0.2, 0) is 20.7 Å². The van der Waals surface area contributed by atoms with Crippen molar-refractivity contribution in [3.05, 3.63) is 54.4 Å². The third-order valence-electron chi connectivity index (χ3n) is 4.45. The summed E-state index contributed by atoms with van der Waals surface area (Å²) in [5.41, 5.74) is 0.00444. The topological polar surface area (TPSA) is 114 Å². The molecule has 10 heteroatoms. The molecule has 0 unspecified atom stereocenters. The van der Waals surface area contributed by atoms with E-state index in [1.165, 1.54) is 4.85 Å². The number of nitrogens with zero attached hydrogens (tertiary/aromatic N) is 3. The van der Waals surface area contributed by atoms with Crippen LogP contribution in [0, 0.1) is 0 Å². The van der Waals surface area contributed by atoms with Crippen LogP contribution in [0.25, 0.3) is 11.0 Å². The summed E-state index contributed by atoms with van der Waals surface area (Å²) in [4.78, 5) is 36.1. The van der Waals surface area contributed by atoms with Crippen LogP contribution in [0.3, 0.4) is 0 Å². The van der Waals surface area contributed by atoms with Gasteiger partial charge in [0.05, 0.1) is 6.20 Å². The number of rotatable bonds is 8. The van der Waals surface area contributed by atoms with Gasteiger partial charge in [-0.05, 0) is 71.4 Å². The number of carbonyl (C=O) groups excluding carboxylic acids is 2. The molecule has 3 aromatic rings. The standard InChI is InChI=1S/C25H32N4O6/c1-24(2,3)34-22(30)20(28-23(31)35-25(4,5)6)14-17-9-11-19(12-10-17)32-16-33-29-21-18(15-27-29)8-7-13-26-21/h7-13,15,20H,14,16H2,1-6H3,(H,28,31)/t20-/m1/s1. The minimum Gasteiger partial charge on any atom is -0.458 e. The summed E-state index contributed by atoms with van der Waals surface area (Å²) < 4.78 is 16.4. The molecule has 0 aliphatic heterocycles. The van der Waals surface area contributed by atoms with E-state index >= 15 is 0 Å². The minimum atomic E-state index is -0.917. The summed E-state index contributed by atoms with van der Waals surface area (Å²) in [6.45, 7) is 10.5. The smallest absolute Gasteiger partial charge is 0.408 e. The first-order chi connectivity index (χ1) is 16.4. The van der Waals surface area contributed by atoms with Gasteiger partial charge in [-0.15, -0.1) is 5.10 Å². The van der Waals surface area contributed by atoms with E-state index in [0.717, 1.165) is 10.9 Å². The molecule has 35 heavy (non-hydrogen) atoms. The highest BCUT2D eigenvalue weighted by Gasteiger charge is 2.29. The molecule has 0 aliphatic rings. The first-order valence-corrected chi connectivity index (χ1v) is 11.3. The fraction of sp³-hybridized carbons (Fsp3) is 0.440. The average Bonchev–Trinajstić information content (AvgIpc) is 3.15. The number of alkyl carbamates (subject to hydrolysis) is 1. The maximum atomic E-state index is 12.7. The van der Waals surface area contributed by atoms with Crippen molar-refractivity contribution in [1.82, 2.24) is 20.2 Å². The van der Waals surface area contributed by atoms with Gasteiger partial charge in [0, 0.05) is 18.0 Å². The predicted molar refractivity (Wildman–Crippen MR) is 129 cm³/mol. The first-order valence-electron chi connectivity index (χ1n) is 11.3. The lowest BCUT2D eigenvalue weighted by Crippen LogP contribution is -2.47. The second-order valence-corrected chi connectivity index (χ2v) is 9.91. The van der Waals surface area contributed by atoms with Crippen molar-refractivity contribution in [3.63, 3.8) is 0 Å². The van der Waals surface area contributed by atoms with Crippen molar-refractivity contribution in [2.75, 3.05) is 6.79 Å². The summed E-state index contributed by atoms with van der Waals surface area (Å²) in [6, 6.07) is 9.89. The molecule has 0 fully saturated rings. The van der Waals surface area contributed by atoms with Crippen molar-refractivity contribution in [3.8, 4) is 5.75 Å². The van der Waals surface area contributed by atoms with Gasteiger partial charge in [0.1, 0.15) is 23.0 Å². The van der Waals surface area contributed by atoms with Crippen LogP contribution in [-0.4, -0.2) is 51.0 Å². The lowest BCUT2D eigenvalue weighted by molar-refractivity contribution is -0.157. The molecule has 2 aromatic heterocycles. The van der Waals surface area contributed by atoms with Gasteiger partial charge in [-0.2, -0.15) is 0 Å². The van der Waals surface area contributed by atoms with E-state index in [1.54, 1.807) is 78.2 Å². The quantitative estimate of drug-likeness (QED) is 0.381. The highest BCUT2D eigenvalue weighted by atomic mass is 16.8. The molecule has 0 bridgehead atoms. The van der Waals surface area contributed by atoms with Gasteiger partial charge in [-0.1, -0.05) is 17.0 Å². The Morgan fingerprint density at radius 3 is 2.34 bits per heavy atom. The zero-order valence-corrected chi connectivity index (χ0v) is 20.9. The molecule has 0 aliphatic carbocycles. The van der Waals surface area contributed by atoms with Crippen LogP contribution in [0.15, 0.2) is 48.8 Å². The van der Waals surface area contributed by atoms with E-state index in [9.17, 15) is 9.59 Å². The Kier molecular flexibility index (Phi) is 7.83. The number of amides is 1. The molecule has 0 radical (unpaired) electrons. The van der Waals surface area contributed by atoms with Crippen LogP contribution in [0.2, 0.25) is 0 Å². The van der Waals surface area contributed by atoms with Gasteiger partial charge in [-0.25, -0.2) is 14.6 Å². The summed E-state index contributed by atoms with van der Waals surface area (Å²) >= 11 is 0. The van der Waals surface area contributed by atoms with Crippen molar-refractivity contribution < 1.29 is 28.6 Å². The number of hydrogen-bond donors (Lipinski definition) is 1. The number of nitrogens with one attached hydrogen (secondary N) is 1. The monoisotopic (exact) mass is 484 g/mol. The van der Waals surface area contributed by atoms with E-state index in [0.29, 0.717) is 11.4 Å². The lowest BCUT2D eigenvalue weighted by Gasteiger charge is -2.26. The van der Waals surface area contributed by atoms with E-state index in [2.05, 4.69) is 15.4 Å². The zero-order chi connectivity index (χ0) is 25.6. The Morgan fingerprint density at radius 2 is 1.69 bits per heavy atom. The number of carbonyl (C=O) groups is 2. The van der Waals surface area contributed by atoms with Crippen molar-refractivity contribution in [1.29, 1.82) is 0 Å². The van der Waals surface area contributed by atoms with Crippen molar-refractivity contribution in [2.24, 2.45) is 0 Å². The molecule has 1 atom stereocenters. The summed E-state index contributed by atoms with van der Waals surface area (Å²) in [5.74, 6) is 0.0178. The van der Waals surface area contributed by atoms with Gasteiger partial charge in [-0.3, -0.25) is 0 Å². The van der Waals surface area contributed by atoms with Crippen LogP contribution in [0.1, 0.15) is 47.1 Å². The predicted octanol–water partition coefficient (Wildman–Crippen LogP) is 3.67. The van der Waals surface area contributed by atoms with Crippen LogP contribution >= 0.6 is 0 Å². The normalized spacial score (nSPS) is 12.6.